The normalized spacial score (nSPS) is 14.8. The molecule has 1 atom stereocenters. The highest BCUT2D eigenvalue weighted by Gasteiger charge is 2.34. The van der Waals surface area contributed by atoms with Crippen LogP contribution in [0.25, 0.3) is 0 Å². The molecule has 0 aliphatic carbocycles. The van der Waals surface area contributed by atoms with Gasteiger partial charge in [0.15, 0.2) is 0 Å². The van der Waals surface area contributed by atoms with Gasteiger partial charge in [-0.25, -0.2) is 0 Å². The molecule has 10 heteroatoms. The molecular weight excluding hydrogens is 555 g/mol. The van der Waals surface area contributed by atoms with E-state index in [-0.39, 0.29) is 17.6 Å². The molecule has 7 nitrogen and oxygen atoms in total. The van der Waals surface area contributed by atoms with Crippen LogP contribution in [0.1, 0.15) is 18.4 Å². The van der Waals surface area contributed by atoms with E-state index in [2.05, 4.69) is 22.0 Å². The number of hydrogen-bond acceptors (Lipinski definition) is 6. The van der Waals surface area contributed by atoms with Gasteiger partial charge >= 0.3 is 0 Å². The molecule has 0 radical (unpaired) electrons. The second-order valence-electron chi connectivity index (χ2n) is 8.50. The van der Waals surface area contributed by atoms with Crippen molar-refractivity contribution < 1.29 is 14.3 Å². The van der Waals surface area contributed by atoms with Crippen molar-refractivity contribution in [1.29, 1.82) is 5.26 Å². The third-order valence-electron chi connectivity index (χ3n) is 5.91. The van der Waals surface area contributed by atoms with Crippen LogP contribution in [0.15, 0.2) is 94.7 Å². The van der Waals surface area contributed by atoms with Crippen LogP contribution < -0.4 is 20.7 Å². The molecule has 1 aliphatic heterocycles. The van der Waals surface area contributed by atoms with Crippen LogP contribution in [-0.4, -0.2) is 24.7 Å². The van der Waals surface area contributed by atoms with E-state index in [0.717, 1.165) is 5.56 Å². The van der Waals surface area contributed by atoms with Crippen molar-refractivity contribution >= 4 is 58.2 Å². The zero-order valence-electron chi connectivity index (χ0n) is 21.0. The maximum Gasteiger partial charge on any atom is 0.254 e. The SMILES string of the molecule is COc1ccc(Cl)cc1NC(=O)CSC1=C(C#N)C(c2ccccc2)C(C(=O)Nc2ccc(Cl)cc2)=C(C)N1. The molecule has 0 aromatic heterocycles. The van der Waals surface area contributed by atoms with Crippen LogP contribution in [0.5, 0.6) is 5.75 Å². The van der Waals surface area contributed by atoms with Crippen LogP contribution in [-0.2, 0) is 9.59 Å². The summed E-state index contributed by atoms with van der Waals surface area (Å²) >= 11 is 13.2. The molecule has 0 saturated carbocycles. The second-order valence-corrected chi connectivity index (χ2v) is 10.4. The topological polar surface area (TPSA) is 103 Å². The van der Waals surface area contributed by atoms with Crippen LogP contribution in [0, 0.1) is 11.3 Å². The minimum atomic E-state index is -0.636. The van der Waals surface area contributed by atoms with E-state index in [1.165, 1.54) is 18.9 Å². The third-order valence-corrected chi connectivity index (χ3v) is 7.41. The van der Waals surface area contributed by atoms with Crippen LogP contribution in [0.2, 0.25) is 10.0 Å². The molecule has 39 heavy (non-hydrogen) atoms. The molecular formula is C29H24Cl2N4O3S. The van der Waals surface area contributed by atoms with Crippen molar-refractivity contribution in [1.82, 2.24) is 5.32 Å². The van der Waals surface area contributed by atoms with Gasteiger partial charge in [-0.05, 0) is 55.0 Å². The van der Waals surface area contributed by atoms with Gasteiger partial charge in [0.2, 0.25) is 5.91 Å². The molecule has 0 bridgehead atoms. The highest BCUT2D eigenvalue weighted by atomic mass is 35.5. The largest absolute Gasteiger partial charge is 0.495 e. The van der Waals surface area contributed by atoms with Crippen LogP contribution in [0.4, 0.5) is 11.4 Å². The zero-order valence-corrected chi connectivity index (χ0v) is 23.4. The first kappa shape index (κ1) is 28.1. The molecule has 3 aromatic carbocycles. The van der Waals surface area contributed by atoms with Gasteiger partial charge in [0.25, 0.3) is 5.91 Å². The van der Waals surface area contributed by atoms with E-state index in [9.17, 15) is 14.9 Å². The Morgan fingerprint density at radius 1 is 1.03 bits per heavy atom. The van der Waals surface area contributed by atoms with Gasteiger partial charge in [-0.15, -0.1) is 0 Å². The van der Waals surface area contributed by atoms with Gasteiger partial charge in [0, 0.05) is 27.0 Å². The second kappa shape index (κ2) is 12.8. The summed E-state index contributed by atoms with van der Waals surface area (Å²) in [4.78, 5) is 26.3. The number of benzene rings is 3. The molecule has 1 aliphatic rings. The highest BCUT2D eigenvalue weighted by molar-refractivity contribution is 8.03. The Balaban J connectivity index is 1.60. The van der Waals surface area contributed by atoms with Crippen LogP contribution in [0.3, 0.4) is 0 Å². The van der Waals surface area contributed by atoms with Gasteiger partial charge in [-0.2, -0.15) is 5.26 Å². The summed E-state index contributed by atoms with van der Waals surface area (Å²) in [5.41, 5.74) is 3.13. The molecule has 198 valence electrons. The van der Waals surface area contributed by atoms with E-state index in [4.69, 9.17) is 27.9 Å². The first-order valence-electron chi connectivity index (χ1n) is 11.8. The summed E-state index contributed by atoms with van der Waals surface area (Å²) in [6.45, 7) is 1.78. The number of carbonyl (C=O) groups is 2. The summed E-state index contributed by atoms with van der Waals surface area (Å²) < 4.78 is 5.29. The quantitative estimate of drug-likeness (QED) is 0.274. The molecule has 2 amide bonds. The fourth-order valence-corrected chi connectivity index (χ4v) is 5.33. The zero-order chi connectivity index (χ0) is 27.9. The number of anilines is 2. The molecule has 1 heterocycles. The van der Waals surface area contributed by atoms with Gasteiger partial charge in [0.1, 0.15) is 5.75 Å². The Bertz CT molecular complexity index is 1500. The molecule has 0 fully saturated rings. The lowest BCUT2D eigenvalue weighted by Crippen LogP contribution is -2.31. The van der Waals surface area contributed by atoms with Crippen molar-refractivity contribution in [3.8, 4) is 11.8 Å². The van der Waals surface area contributed by atoms with Crippen molar-refractivity contribution in [2.24, 2.45) is 0 Å². The lowest BCUT2D eigenvalue weighted by atomic mass is 9.82. The van der Waals surface area contributed by atoms with Crippen molar-refractivity contribution in [2.45, 2.75) is 12.8 Å². The number of ether oxygens (including phenoxy) is 1. The number of rotatable bonds is 8. The van der Waals surface area contributed by atoms with E-state index in [0.29, 0.717) is 49.0 Å². The third kappa shape index (κ3) is 6.76. The van der Waals surface area contributed by atoms with Gasteiger partial charge in [0.05, 0.1) is 41.1 Å². The molecule has 3 aromatic rings. The summed E-state index contributed by atoms with van der Waals surface area (Å²) in [6.07, 6.45) is 0. The standard InChI is InChI=1S/C29H24Cl2N4O3S/c1-17-26(28(37)34-21-11-8-19(30)9-12-21)27(18-6-4-3-5-7-18)22(15-32)29(33-17)39-16-25(36)35-23-14-20(31)10-13-24(23)38-2/h3-14,27,33H,16H2,1-2H3,(H,34,37)(H,35,36). The number of nitrogens with one attached hydrogen (secondary N) is 3. The number of thioether (sulfide) groups is 1. The van der Waals surface area contributed by atoms with Crippen molar-refractivity contribution in [3.05, 3.63) is 110 Å². The number of nitriles is 1. The highest BCUT2D eigenvalue weighted by Crippen LogP contribution is 2.41. The minimum Gasteiger partial charge on any atom is -0.495 e. The Morgan fingerprint density at radius 3 is 2.38 bits per heavy atom. The molecule has 1 unspecified atom stereocenters. The summed E-state index contributed by atoms with van der Waals surface area (Å²) in [5.74, 6) is -0.812. The fraction of sp³-hybridized carbons (Fsp3) is 0.138. The average Bonchev–Trinajstić information content (AvgIpc) is 2.93. The number of dihydropyridines is 1. The minimum absolute atomic E-state index is 0.00424. The number of nitrogens with zero attached hydrogens (tertiary/aromatic N) is 1. The lowest BCUT2D eigenvalue weighted by Gasteiger charge is -2.30. The number of carbonyl (C=O) groups excluding carboxylic acids is 2. The van der Waals surface area contributed by atoms with Gasteiger partial charge in [-0.3, -0.25) is 9.59 Å². The van der Waals surface area contributed by atoms with E-state index in [1.54, 1.807) is 49.4 Å². The molecule has 0 saturated heterocycles. The van der Waals surface area contributed by atoms with E-state index in [1.807, 2.05) is 30.3 Å². The maximum atomic E-state index is 13.5. The Labute approximate surface area is 240 Å². The van der Waals surface area contributed by atoms with Crippen molar-refractivity contribution in [3.63, 3.8) is 0 Å². The predicted octanol–water partition coefficient (Wildman–Crippen LogP) is 6.71. The van der Waals surface area contributed by atoms with Crippen molar-refractivity contribution in [2.75, 3.05) is 23.5 Å². The summed E-state index contributed by atoms with van der Waals surface area (Å²) in [6, 6.07) is 23.3. The summed E-state index contributed by atoms with van der Waals surface area (Å²) in [5, 5.41) is 20.6. The Morgan fingerprint density at radius 2 is 1.72 bits per heavy atom. The fourth-order valence-electron chi connectivity index (χ4n) is 4.14. The first-order valence-corrected chi connectivity index (χ1v) is 13.5. The predicted molar refractivity (Wildman–Crippen MR) is 157 cm³/mol. The maximum absolute atomic E-state index is 13.5. The summed E-state index contributed by atoms with van der Waals surface area (Å²) in [7, 11) is 1.50. The van der Waals surface area contributed by atoms with E-state index >= 15 is 0 Å². The number of amides is 2. The molecule has 3 N–H and O–H groups in total. The smallest absolute Gasteiger partial charge is 0.254 e. The Hall–Kier alpha value is -3.90. The Kier molecular flexibility index (Phi) is 9.20. The van der Waals surface area contributed by atoms with Gasteiger partial charge < -0.3 is 20.7 Å². The van der Waals surface area contributed by atoms with Crippen LogP contribution >= 0.6 is 35.0 Å². The first-order chi connectivity index (χ1) is 18.8. The number of methoxy groups -OCH3 is 1. The molecule has 0 spiro atoms. The number of allylic oxidation sites excluding steroid dienone is 2. The average molecular weight is 580 g/mol. The van der Waals surface area contributed by atoms with E-state index < -0.39 is 5.92 Å². The number of hydrogen-bond donors (Lipinski definition) is 3. The number of halogens is 2. The van der Waals surface area contributed by atoms with Gasteiger partial charge in [-0.1, -0.05) is 65.3 Å². The monoisotopic (exact) mass is 578 g/mol. The lowest BCUT2D eigenvalue weighted by molar-refractivity contribution is -0.114. The molecule has 4 rings (SSSR count).